The summed E-state index contributed by atoms with van der Waals surface area (Å²) in [5.74, 6) is -0.752. The monoisotopic (exact) mass is 371 g/mol. The summed E-state index contributed by atoms with van der Waals surface area (Å²) in [4.78, 5) is 26.1. The van der Waals surface area contributed by atoms with Gasteiger partial charge in [0.25, 0.3) is 5.91 Å². The van der Waals surface area contributed by atoms with Crippen molar-refractivity contribution >= 4 is 23.2 Å². The van der Waals surface area contributed by atoms with Gasteiger partial charge in [-0.1, -0.05) is 0 Å². The van der Waals surface area contributed by atoms with E-state index in [9.17, 15) is 14.0 Å². The van der Waals surface area contributed by atoms with Crippen LogP contribution in [0.1, 0.15) is 37.0 Å². The highest BCUT2D eigenvalue weighted by Gasteiger charge is 2.07. The topological polar surface area (TPSA) is 61.4 Å². The smallest absolute Gasteiger partial charge is 0.251 e. The molecule has 0 spiro atoms. The van der Waals surface area contributed by atoms with Crippen LogP contribution in [0.2, 0.25) is 0 Å². The normalized spacial score (nSPS) is 10.3. The van der Waals surface area contributed by atoms with E-state index >= 15 is 0 Å². The highest BCUT2D eigenvalue weighted by molar-refractivity contribution is 5.94. The Morgan fingerprint density at radius 3 is 2.19 bits per heavy atom. The number of carbonyl (C=O) groups is 2. The zero-order valence-corrected chi connectivity index (χ0v) is 15.8. The van der Waals surface area contributed by atoms with E-state index in [1.807, 2.05) is 24.3 Å². The van der Waals surface area contributed by atoms with Crippen molar-refractivity contribution in [2.24, 2.45) is 0 Å². The Bertz CT molecular complexity index is 741. The van der Waals surface area contributed by atoms with Gasteiger partial charge < -0.3 is 15.5 Å². The van der Waals surface area contributed by atoms with Gasteiger partial charge in [0, 0.05) is 43.0 Å². The number of anilines is 2. The predicted molar refractivity (Wildman–Crippen MR) is 107 cm³/mol. The second-order valence-corrected chi connectivity index (χ2v) is 6.13. The molecule has 0 aliphatic carbocycles. The van der Waals surface area contributed by atoms with Gasteiger partial charge in [-0.15, -0.1) is 0 Å². The molecule has 144 valence electrons. The van der Waals surface area contributed by atoms with Crippen LogP contribution in [0.5, 0.6) is 0 Å². The van der Waals surface area contributed by atoms with Crippen LogP contribution in [0.25, 0.3) is 0 Å². The quantitative estimate of drug-likeness (QED) is 0.659. The van der Waals surface area contributed by atoms with Crippen LogP contribution in [0.3, 0.4) is 0 Å². The van der Waals surface area contributed by atoms with Crippen molar-refractivity contribution in [3.8, 4) is 0 Å². The second-order valence-electron chi connectivity index (χ2n) is 6.13. The van der Waals surface area contributed by atoms with Crippen LogP contribution >= 0.6 is 0 Å². The van der Waals surface area contributed by atoms with Crippen LogP contribution in [-0.2, 0) is 4.79 Å². The summed E-state index contributed by atoms with van der Waals surface area (Å²) >= 11 is 0. The lowest BCUT2D eigenvalue weighted by atomic mass is 10.2. The fourth-order valence-corrected chi connectivity index (χ4v) is 2.72. The van der Waals surface area contributed by atoms with Crippen LogP contribution in [0.15, 0.2) is 48.5 Å². The van der Waals surface area contributed by atoms with E-state index in [4.69, 9.17) is 0 Å². The third kappa shape index (κ3) is 6.40. The van der Waals surface area contributed by atoms with Crippen molar-refractivity contribution in [1.82, 2.24) is 5.32 Å². The van der Waals surface area contributed by atoms with Crippen molar-refractivity contribution in [3.05, 3.63) is 59.9 Å². The molecule has 2 amide bonds. The molecule has 0 heterocycles. The molecule has 0 aliphatic heterocycles. The van der Waals surface area contributed by atoms with Gasteiger partial charge in [0.15, 0.2) is 0 Å². The molecule has 0 saturated heterocycles. The summed E-state index contributed by atoms with van der Waals surface area (Å²) in [5, 5.41) is 5.58. The lowest BCUT2D eigenvalue weighted by Crippen LogP contribution is -2.25. The Hall–Kier alpha value is -2.89. The van der Waals surface area contributed by atoms with Crippen molar-refractivity contribution in [2.45, 2.75) is 26.7 Å². The van der Waals surface area contributed by atoms with E-state index in [0.29, 0.717) is 24.9 Å². The number of hydrogen-bond donors (Lipinski definition) is 2. The standard InChI is InChI=1S/C21H26FN3O2/c1-3-25(4-2)19-13-11-18(12-14-19)24-20(26)6-5-15-23-21(27)16-7-9-17(22)10-8-16/h7-14H,3-6,15H2,1-2H3,(H,23,27)(H,24,26). The number of nitrogens with zero attached hydrogens (tertiary/aromatic N) is 1. The van der Waals surface area contributed by atoms with Crippen LogP contribution in [0.4, 0.5) is 15.8 Å². The maximum absolute atomic E-state index is 12.8. The molecule has 0 unspecified atom stereocenters. The van der Waals surface area contributed by atoms with Crippen LogP contribution < -0.4 is 15.5 Å². The molecule has 0 radical (unpaired) electrons. The molecule has 0 aliphatic rings. The molecule has 5 nitrogen and oxygen atoms in total. The van der Waals surface area contributed by atoms with Crippen LogP contribution in [0, 0.1) is 5.82 Å². The fourth-order valence-electron chi connectivity index (χ4n) is 2.72. The Balaban J connectivity index is 1.71. The number of amides is 2. The largest absolute Gasteiger partial charge is 0.372 e. The van der Waals surface area contributed by atoms with E-state index in [1.54, 1.807) is 0 Å². The van der Waals surface area contributed by atoms with E-state index in [-0.39, 0.29) is 17.6 Å². The van der Waals surface area contributed by atoms with E-state index in [1.165, 1.54) is 24.3 Å². The second kappa shape index (κ2) is 10.3. The fraction of sp³-hybridized carbons (Fsp3) is 0.333. The zero-order valence-electron chi connectivity index (χ0n) is 15.8. The third-order valence-corrected chi connectivity index (χ3v) is 4.25. The lowest BCUT2D eigenvalue weighted by molar-refractivity contribution is -0.116. The number of halogens is 1. The summed E-state index contributed by atoms with van der Waals surface area (Å²) < 4.78 is 12.8. The highest BCUT2D eigenvalue weighted by atomic mass is 19.1. The minimum atomic E-state index is -0.381. The molecular weight excluding hydrogens is 345 g/mol. The van der Waals surface area contributed by atoms with Gasteiger partial charge in [-0.2, -0.15) is 0 Å². The molecule has 6 heteroatoms. The van der Waals surface area contributed by atoms with Gasteiger partial charge in [0.2, 0.25) is 5.91 Å². The van der Waals surface area contributed by atoms with Crippen molar-refractivity contribution in [1.29, 1.82) is 0 Å². The average Bonchev–Trinajstić information content (AvgIpc) is 2.68. The summed E-state index contributed by atoms with van der Waals surface area (Å²) in [5.41, 5.74) is 2.28. The highest BCUT2D eigenvalue weighted by Crippen LogP contribution is 2.17. The van der Waals surface area contributed by atoms with E-state index in [0.717, 1.165) is 24.5 Å². The van der Waals surface area contributed by atoms with Gasteiger partial charge in [-0.3, -0.25) is 9.59 Å². The van der Waals surface area contributed by atoms with Gasteiger partial charge in [-0.25, -0.2) is 4.39 Å². The number of carbonyl (C=O) groups excluding carboxylic acids is 2. The molecule has 2 N–H and O–H groups in total. The lowest BCUT2D eigenvalue weighted by Gasteiger charge is -2.21. The summed E-state index contributed by atoms with van der Waals surface area (Å²) in [7, 11) is 0. The molecule has 2 aromatic rings. The van der Waals surface area contributed by atoms with E-state index < -0.39 is 0 Å². The Morgan fingerprint density at radius 1 is 0.963 bits per heavy atom. The van der Waals surface area contributed by atoms with Gasteiger partial charge in [0.1, 0.15) is 5.82 Å². The molecule has 0 fully saturated rings. The number of rotatable bonds is 9. The molecule has 0 bridgehead atoms. The SMILES string of the molecule is CCN(CC)c1ccc(NC(=O)CCCNC(=O)c2ccc(F)cc2)cc1. The minimum Gasteiger partial charge on any atom is -0.372 e. The third-order valence-electron chi connectivity index (χ3n) is 4.25. The molecular formula is C21H26FN3O2. The Labute approximate surface area is 159 Å². The minimum absolute atomic E-state index is 0.0957. The maximum atomic E-state index is 12.8. The van der Waals surface area contributed by atoms with Crippen LogP contribution in [-0.4, -0.2) is 31.4 Å². The molecule has 0 aromatic heterocycles. The number of benzene rings is 2. The van der Waals surface area contributed by atoms with Crippen molar-refractivity contribution in [3.63, 3.8) is 0 Å². The number of nitrogens with one attached hydrogen (secondary N) is 2. The zero-order chi connectivity index (χ0) is 19.6. The summed E-state index contributed by atoms with van der Waals surface area (Å²) in [6, 6.07) is 13.1. The van der Waals surface area contributed by atoms with Gasteiger partial charge in [0.05, 0.1) is 0 Å². The molecule has 0 saturated carbocycles. The van der Waals surface area contributed by atoms with Crippen molar-refractivity contribution < 1.29 is 14.0 Å². The van der Waals surface area contributed by atoms with Gasteiger partial charge in [-0.05, 0) is 68.8 Å². The summed E-state index contributed by atoms with van der Waals surface area (Å²) in [6.45, 7) is 6.46. The van der Waals surface area contributed by atoms with E-state index in [2.05, 4.69) is 29.4 Å². The molecule has 2 rings (SSSR count). The first-order valence-corrected chi connectivity index (χ1v) is 9.22. The van der Waals surface area contributed by atoms with Crippen molar-refractivity contribution in [2.75, 3.05) is 29.9 Å². The first-order chi connectivity index (χ1) is 13.0. The average molecular weight is 371 g/mol. The summed E-state index contributed by atoms with van der Waals surface area (Å²) in [6.07, 6.45) is 0.831. The van der Waals surface area contributed by atoms with Gasteiger partial charge >= 0.3 is 0 Å². The first kappa shape index (κ1) is 20.4. The first-order valence-electron chi connectivity index (χ1n) is 9.22. The Kier molecular flexibility index (Phi) is 7.79. The maximum Gasteiger partial charge on any atom is 0.251 e. The Morgan fingerprint density at radius 2 is 1.59 bits per heavy atom. The molecule has 2 aromatic carbocycles. The molecule has 27 heavy (non-hydrogen) atoms. The predicted octanol–water partition coefficient (Wildman–Crippen LogP) is 3.82. The number of hydrogen-bond acceptors (Lipinski definition) is 3. The molecule has 0 atom stereocenters.